The van der Waals surface area contributed by atoms with Crippen LogP contribution in [-0.2, 0) is 11.3 Å². The fourth-order valence-electron chi connectivity index (χ4n) is 2.31. The van der Waals surface area contributed by atoms with Crippen LogP contribution in [0.5, 0.6) is 0 Å². The minimum Gasteiger partial charge on any atom is -0.451 e. The van der Waals surface area contributed by atoms with Crippen LogP contribution in [0.2, 0.25) is 0 Å². The fourth-order valence-corrected chi connectivity index (χ4v) is 2.31. The van der Waals surface area contributed by atoms with Crippen LogP contribution >= 0.6 is 0 Å². The first-order valence-corrected chi connectivity index (χ1v) is 7.55. The van der Waals surface area contributed by atoms with Gasteiger partial charge in [0.2, 0.25) is 5.82 Å². The summed E-state index contributed by atoms with van der Waals surface area (Å²) in [5.41, 5.74) is 1.68. The number of esters is 1. The van der Waals surface area contributed by atoms with Crippen LogP contribution in [0.1, 0.15) is 16.4 Å². The van der Waals surface area contributed by atoms with Gasteiger partial charge in [-0.1, -0.05) is 29.4 Å². The van der Waals surface area contributed by atoms with Crippen molar-refractivity contribution in [2.75, 3.05) is 0 Å². The molecular formula is C18H12N4O3. The zero-order valence-corrected chi connectivity index (χ0v) is 13.0. The third-order valence-electron chi connectivity index (χ3n) is 3.52. The number of aromatic nitrogens is 4. The molecule has 0 radical (unpaired) electrons. The molecule has 25 heavy (non-hydrogen) atoms. The molecule has 0 saturated carbocycles. The lowest BCUT2D eigenvalue weighted by Crippen LogP contribution is -2.07. The Morgan fingerprint density at radius 1 is 1.04 bits per heavy atom. The van der Waals surface area contributed by atoms with Crippen molar-refractivity contribution in [1.82, 2.24) is 20.1 Å². The largest absolute Gasteiger partial charge is 0.451 e. The minimum atomic E-state index is -0.549. The number of ether oxygens (including phenoxy) is 1. The molecular weight excluding hydrogens is 320 g/mol. The molecule has 0 aliphatic heterocycles. The second kappa shape index (κ2) is 6.48. The van der Waals surface area contributed by atoms with E-state index in [9.17, 15) is 4.79 Å². The molecule has 7 nitrogen and oxygen atoms in total. The van der Waals surface area contributed by atoms with Gasteiger partial charge in [-0.05, 0) is 24.3 Å². The third-order valence-corrected chi connectivity index (χ3v) is 3.52. The van der Waals surface area contributed by atoms with Gasteiger partial charge in [0.15, 0.2) is 6.61 Å². The van der Waals surface area contributed by atoms with E-state index in [1.165, 1.54) is 0 Å². The highest BCUT2D eigenvalue weighted by atomic mass is 16.6. The van der Waals surface area contributed by atoms with E-state index < -0.39 is 5.97 Å². The summed E-state index contributed by atoms with van der Waals surface area (Å²) >= 11 is 0. The summed E-state index contributed by atoms with van der Waals surface area (Å²) < 4.78 is 10.3. The van der Waals surface area contributed by atoms with E-state index in [-0.39, 0.29) is 18.2 Å². The van der Waals surface area contributed by atoms with Crippen LogP contribution in [0.3, 0.4) is 0 Å². The highest BCUT2D eigenvalue weighted by Crippen LogP contribution is 2.15. The lowest BCUT2D eigenvalue weighted by Gasteiger charge is -2.02. The molecule has 0 atom stereocenters. The molecule has 4 aromatic rings. The SMILES string of the molecule is O=C(OCc1nc(-c2cccnc2)no1)c1ccc2ccccc2n1. The summed E-state index contributed by atoms with van der Waals surface area (Å²) in [6.45, 7) is -0.124. The van der Waals surface area contributed by atoms with Gasteiger partial charge in [0.1, 0.15) is 5.69 Å². The molecule has 0 N–H and O–H groups in total. The maximum atomic E-state index is 12.2. The van der Waals surface area contributed by atoms with E-state index in [1.807, 2.05) is 36.4 Å². The summed E-state index contributed by atoms with van der Waals surface area (Å²) in [5, 5.41) is 4.80. The van der Waals surface area contributed by atoms with Gasteiger partial charge in [-0.3, -0.25) is 4.98 Å². The van der Waals surface area contributed by atoms with Gasteiger partial charge >= 0.3 is 5.97 Å². The minimum absolute atomic E-state index is 0.124. The summed E-state index contributed by atoms with van der Waals surface area (Å²) in [7, 11) is 0. The Hall–Kier alpha value is -3.61. The van der Waals surface area contributed by atoms with Crippen molar-refractivity contribution in [2.45, 2.75) is 6.61 Å². The standard InChI is InChI=1S/C18H12N4O3/c23-18(15-8-7-12-4-1-2-6-14(12)20-15)24-11-16-21-17(22-25-16)13-5-3-9-19-10-13/h1-10H,11H2. The van der Waals surface area contributed by atoms with Gasteiger partial charge in [-0.25, -0.2) is 9.78 Å². The molecule has 0 unspecified atom stereocenters. The Labute approximate surface area is 142 Å². The highest BCUT2D eigenvalue weighted by molar-refractivity contribution is 5.90. The topological polar surface area (TPSA) is 91.0 Å². The van der Waals surface area contributed by atoms with Gasteiger partial charge in [0.05, 0.1) is 5.52 Å². The van der Waals surface area contributed by atoms with E-state index in [0.29, 0.717) is 5.82 Å². The number of rotatable bonds is 4. The van der Waals surface area contributed by atoms with Crippen molar-refractivity contribution < 1.29 is 14.1 Å². The maximum Gasteiger partial charge on any atom is 0.357 e. The van der Waals surface area contributed by atoms with Crippen LogP contribution in [-0.4, -0.2) is 26.1 Å². The third kappa shape index (κ3) is 3.20. The molecule has 3 heterocycles. The summed E-state index contributed by atoms with van der Waals surface area (Å²) in [6, 6.07) is 14.6. The fraction of sp³-hybridized carbons (Fsp3) is 0.0556. The van der Waals surface area contributed by atoms with Crippen molar-refractivity contribution in [2.24, 2.45) is 0 Å². The van der Waals surface area contributed by atoms with Crippen LogP contribution in [0.25, 0.3) is 22.3 Å². The Morgan fingerprint density at radius 3 is 2.84 bits per heavy atom. The number of hydrogen-bond acceptors (Lipinski definition) is 7. The molecule has 7 heteroatoms. The summed E-state index contributed by atoms with van der Waals surface area (Å²) in [4.78, 5) is 24.6. The van der Waals surface area contributed by atoms with Crippen molar-refractivity contribution in [1.29, 1.82) is 0 Å². The average molecular weight is 332 g/mol. The molecule has 3 aromatic heterocycles. The number of para-hydroxylation sites is 1. The Morgan fingerprint density at radius 2 is 1.96 bits per heavy atom. The maximum absolute atomic E-state index is 12.2. The van der Waals surface area contributed by atoms with Crippen molar-refractivity contribution >= 4 is 16.9 Å². The van der Waals surface area contributed by atoms with Crippen molar-refractivity contribution in [3.8, 4) is 11.4 Å². The number of carbonyl (C=O) groups excluding carboxylic acids is 1. The number of carbonyl (C=O) groups is 1. The molecule has 0 aliphatic carbocycles. The predicted molar refractivity (Wildman–Crippen MR) is 88.4 cm³/mol. The van der Waals surface area contributed by atoms with E-state index in [0.717, 1.165) is 16.5 Å². The average Bonchev–Trinajstić information content (AvgIpc) is 3.15. The molecule has 4 rings (SSSR count). The highest BCUT2D eigenvalue weighted by Gasteiger charge is 2.14. The smallest absolute Gasteiger partial charge is 0.357 e. The van der Waals surface area contributed by atoms with Gasteiger partial charge in [-0.2, -0.15) is 4.98 Å². The zero-order valence-electron chi connectivity index (χ0n) is 13.0. The Kier molecular flexibility index (Phi) is 3.88. The van der Waals surface area contributed by atoms with Gasteiger partial charge in [0.25, 0.3) is 5.89 Å². The summed E-state index contributed by atoms with van der Waals surface area (Å²) in [5.74, 6) is 0.0443. The lowest BCUT2D eigenvalue weighted by molar-refractivity contribution is 0.0423. The lowest BCUT2D eigenvalue weighted by atomic mass is 10.2. The molecule has 0 bridgehead atoms. The second-order valence-corrected chi connectivity index (χ2v) is 5.22. The molecule has 1 aromatic carbocycles. The first-order valence-electron chi connectivity index (χ1n) is 7.55. The van der Waals surface area contributed by atoms with E-state index in [1.54, 1.807) is 24.5 Å². The Bertz CT molecular complexity index is 1030. The number of hydrogen-bond donors (Lipinski definition) is 0. The number of nitrogens with zero attached hydrogens (tertiary/aromatic N) is 4. The quantitative estimate of drug-likeness (QED) is 0.530. The van der Waals surface area contributed by atoms with Gasteiger partial charge in [-0.15, -0.1) is 0 Å². The van der Waals surface area contributed by atoms with Gasteiger partial charge in [0, 0.05) is 23.3 Å². The molecule has 0 saturated heterocycles. The zero-order chi connectivity index (χ0) is 17.1. The summed E-state index contributed by atoms with van der Waals surface area (Å²) in [6.07, 6.45) is 3.28. The second-order valence-electron chi connectivity index (χ2n) is 5.22. The van der Waals surface area contributed by atoms with Crippen LogP contribution in [0.15, 0.2) is 65.4 Å². The van der Waals surface area contributed by atoms with Crippen LogP contribution in [0, 0.1) is 0 Å². The number of fused-ring (bicyclic) bond motifs is 1. The van der Waals surface area contributed by atoms with Crippen LogP contribution < -0.4 is 0 Å². The van der Waals surface area contributed by atoms with E-state index >= 15 is 0 Å². The van der Waals surface area contributed by atoms with E-state index in [2.05, 4.69) is 20.1 Å². The first kappa shape index (κ1) is 14.9. The number of pyridine rings is 2. The first-order chi connectivity index (χ1) is 12.3. The Balaban J connectivity index is 1.45. The normalized spacial score (nSPS) is 10.7. The molecule has 0 aliphatic rings. The molecule has 0 fully saturated rings. The van der Waals surface area contributed by atoms with Crippen molar-refractivity contribution in [3.63, 3.8) is 0 Å². The molecule has 0 spiro atoms. The van der Waals surface area contributed by atoms with Gasteiger partial charge < -0.3 is 9.26 Å². The van der Waals surface area contributed by atoms with Crippen molar-refractivity contribution in [3.05, 3.63) is 72.5 Å². The predicted octanol–water partition coefficient (Wildman–Crippen LogP) is 3.04. The molecule has 122 valence electrons. The monoisotopic (exact) mass is 332 g/mol. The van der Waals surface area contributed by atoms with Crippen LogP contribution in [0.4, 0.5) is 0 Å². The van der Waals surface area contributed by atoms with E-state index in [4.69, 9.17) is 9.26 Å². The number of benzene rings is 1. The molecule has 0 amide bonds.